The van der Waals surface area contributed by atoms with Crippen LogP contribution in [0.3, 0.4) is 0 Å². The Kier molecular flexibility index (Phi) is 4.55. The number of amides is 1. The van der Waals surface area contributed by atoms with E-state index >= 15 is 0 Å². The standard InChI is InChI=1S/C15H24N4O2/c1-18-10-12(9-16-18)14-3-2-6-19(14)11-15(20)17-13-4-7-21-8-5-13/h9-10,13-14H,2-8,11H2,1H3,(H,17,20)/t14-/m1/s1. The molecule has 0 spiro atoms. The number of hydrogen-bond donors (Lipinski definition) is 1. The Morgan fingerprint density at radius 2 is 2.24 bits per heavy atom. The van der Waals surface area contributed by atoms with Crippen molar-refractivity contribution < 1.29 is 9.53 Å². The summed E-state index contributed by atoms with van der Waals surface area (Å²) in [5.41, 5.74) is 1.22. The molecule has 0 bridgehead atoms. The van der Waals surface area contributed by atoms with Crippen LogP contribution < -0.4 is 5.32 Å². The number of carbonyl (C=O) groups is 1. The smallest absolute Gasteiger partial charge is 0.234 e. The molecule has 116 valence electrons. The van der Waals surface area contributed by atoms with Crippen molar-refractivity contribution in [2.75, 3.05) is 26.3 Å². The Hall–Kier alpha value is -1.40. The average Bonchev–Trinajstić information content (AvgIpc) is 3.08. The number of aromatic nitrogens is 2. The summed E-state index contributed by atoms with van der Waals surface area (Å²) < 4.78 is 7.15. The fraction of sp³-hybridized carbons (Fsp3) is 0.733. The molecule has 0 aliphatic carbocycles. The van der Waals surface area contributed by atoms with Gasteiger partial charge < -0.3 is 10.1 Å². The summed E-state index contributed by atoms with van der Waals surface area (Å²) in [5, 5.41) is 7.39. The van der Waals surface area contributed by atoms with Crippen LogP contribution in [0.15, 0.2) is 12.4 Å². The number of carbonyl (C=O) groups excluding carboxylic acids is 1. The predicted molar refractivity (Wildman–Crippen MR) is 78.7 cm³/mol. The first kappa shape index (κ1) is 14.5. The van der Waals surface area contributed by atoms with Crippen LogP contribution >= 0.6 is 0 Å². The number of nitrogens with one attached hydrogen (secondary N) is 1. The molecule has 3 heterocycles. The summed E-state index contributed by atoms with van der Waals surface area (Å²) in [6.07, 6.45) is 8.08. The van der Waals surface area contributed by atoms with Crippen molar-refractivity contribution in [3.05, 3.63) is 18.0 Å². The van der Waals surface area contributed by atoms with E-state index in [0.717, 1.165) is 45.4 Å². The van der Waals surface area contributed by atoms with E-state index in [1.54, 1.807) is 0 Å². The molecule has 1 amide bonds. The number of hydrogen-bond acceptors (Lipinski definition) is 4. The molecule has 0 saturated carbocycles. The lowest BCUT2D eigenvalue weighted by Gasteiger charge is -2.26. The summed E-state index contributed by atoms with van der Waals surface area (Å²) in [6.45, 7) is 2.98. The van der Waals surface area contributed by atoms with Crippen LogP contribution in [0.25, 0.3) is 0 Å². The van der Waals surface area contributed by atoms with E-state index in [0.29, 0.717) is 12.6 Å². The van der Waals surface area contributed by atoms with Crippen LogP contribution in [-0.2, 0) is 16.6 Å². The van der Waals surface area contributed by atoms with Crippen LogP contribution in [0.5, 0.6) is 0 Å². The Morgan fingerprint density at radius 1 is 1.43 bits per heavy atom. The lowest BCUT2D eigenvalue weighted by atomic mass is 10.1. The van der Waals surface area contributed by atoms with Gasteiger partial charge in [-0.3, -0.25) is 14.4 Å². The molecular formula is C15H24N4O2. The molecule has 2 aliphatic heterocycles. The van der Waals surface area contributed by atoms with Gasteiger partial charge in [0.15, 0.2) is 0 Å². The van der Waals surface area contributed by atoms with E-state index in [1.165, 1.54) is 5.56 Å². The quantitative estimate of drug-likeness (QED) is 0.894. The molecule has 6 heteroatoms. The molecule has 0 radical (unpaired) electrons. The highest BCUT2D eigenvalue weighted by Gasteiger charge is 2.29. The lowest BCUT2D eigenvalue weighted by Crippen LogP contribution is -2.44. The predicted octanol–water partition coefficient (Wildman–Crippen LogP) is 0.852. The zero-order valence-corrected chi connectivity index (χ0v) is 12.6. The highest BCUT2D eigenvalue weighted by molar-refractivity contribution is 5.78. The summed E-state index contributed by atoms with van der Waals surface area (Å²) in [5.74, 6) is 0.137. The van der Waals surface area contributed by atoms with Crippen LogP contribution in [-0.4, -0.2) is 52.9 Å². The highest BCUT2D eigenvalue weighted by atomic mass is 16.5. The van der Waals surface area contributed by atoms with Crippen molar-refractivity contribution in [3.63, 3.8) is 0 Å². The minimum atomic E-state index is 0.137. The second-order valence-electron chi connectivity index (χ2n) is 6.03. The van der Waals surface area contributed by atoms with Gasteiger partial charge in [-0.1, -0.05) is 0 Å². The second-order valence-corrected chi connectivity index (χ2v) is 6.03. The number of likely N-dealkylation sites (tertiary alicyclic amines) is 1. The first-order valence-electron chi connectivity index (χ1n) is 7.82. The zero-order valence-electron chi connectivity index (χ0n) is 12.6. The number of nitrogens with zero attached hydrogens (tertiary/aromatic N) is 3. The molecule has 1 atom stereocenters. The summed E-state index contributed by atoms with van der Waals surface area (Å²) >= 11 is 0. The van der Waals surface area contributed by atoms with Gasteiger partial charge in [0.25, 0.3) is 0 Å². The van der Waals surface area contributed by atoms with Crippen molar-refractivity contribution in [3.8, 4) is 0 Å². The summed E-state index contributed by atoms with van der Waals surface area (Å²) in [6, 6.07) is 0.616. The van der Waals surface area contributed by atoms with Gasteiger partial charge in [0.1, 0.15) is 0 Å². The van der Waals surface area contributed by atoms with Crippen LogP contribution in [0.4, 0.5) is 0 Å². The van der Waals surface area contributed by atoms with Crippen LogP contribution in [0.2, 0.25) is 0 Å². The molecule has 3 rings (SSSR count). The van der Waals surface area contributed by atoms with Crippen LogP contribution in [0, 0.1) is 0 Å². The van der Waals surface area contributed by atoms with E-state index in [9.17, 15) is 4.79 Å². The first-order valence-corrected chi connectivity index (χ1v) is 7.82. The van der Waals surface area contributed by atoms with Gasteiger partial charge >= 0.3 is 0 Å². The Bertz CT molecular complexity index is 482. The monoisotopic (exact) mass is 292 g/mol. The molecule has 2 fully saturated rings. The van der Waals surface area contributed by atoms with E-state index in [-0.39, 0.29) is 11.9 Å². The normalized spacial score (nSPS) is 24.3. The van der Waals surface area contributed by atoms with Gasteiger partial charge in [-0.05, 0) is 32.2 Å². The van der Waals surface area contributed by atoms with Crippen molar-refractivity contribution in [2.24, 2.45) is 7.05 Å². The van der Waals surface area contributed by atoms with Gasteiger partial charge in [-0.25, -0.2) is 0 Å². The third-order valence-electron chi connectivity index (χ3n) is 4.41. The molecule has 21 heavy (non-hydrogen) atoms. The SMILES string of the molecule is Cn1cc([C@H]2CCCN2CC(=O)NC2CCOCC2)cn1. The molecule has 1 aromatic rings. The van der Waals surface area contributed by atoms with E-state index in [1.807, 2.05) is 17.9 Å². The number of rotatable bonds is 4. The van der Waals surface area contributed by atoms with Crippen LogP contribution in [0.1, 0.15) is 37.3 Å². The Labute approximate surface area is 125 Å². The first-order chi connectivity index (χ1) is 10.2. The molecule has 0 aromatic carbocycles. The summed E-state index contributed by atoms with van der Waals surface area (Å²) in [4.78, 5) is 14.5. The van der Waals surface area contributed by atoms with Crippen molar-refractivity contribution in [2.45, 2.75) is 37.8 Å². The lowest BCUT2D eigenvalue weighted by molar-refractivity contribution is -0.123. The van der Waals surface area contributed by atoms with Crippen molar-refractivity contribution >= 4 is 5.91 Å². The van der Waals surface area contributed by atoms with Gasteiger partial charge in [0, 0.05) is 44.1 Å². The maximum atomic E-state index is 12.2. The molecule has 2 aliphatic rings. The van der Waals surface area contributed by atoms with Gasteiger partial charge in [-0.2, -0.15) is 5.10 Å². The molecule has 0 unspecified atom stereocenters. The van der Waals surface area contributed by atoms with Gasteiger partial charge in [-0.15, -0.1) is 0 Å². The van der Waals surface area contributed by atoms with Crippen molar-refractivity contribution in [1.29, 1.82) is 0 Å². The minimum absolute atomic E-state index is 0.137. The molecule has 2 saturated heterocycles. The average molecular weight is 292 g/mol. The fourth-order valence-corrected chi connectivity index (χ4v) is 3.30. The number of aryl methyl sites for hydroxylation is 1. The minimum Gasteiger partial charge on any atom is -0.381 e. The van der Waals surface area contributed by atoms with E-state index in [2.05, 4.69) is 21.5 Å². The van der Waals surface area contributed by atoms with Gasteiger partial charge in [0.2, 0.25) is 5.91 Å². The van der Waals surface area contributed by atoms with E-state index in [4.69, 9.17) is 4.74 Å². The zero-order chi connectivity index (χ0) is 14.7. The van der Waals surface area contributed by atoms with E-state index < -0.39 is 0 Å². The Morgan fingerprint density at radius 3 is 2.95 bits per heavy atom. The van der Waals surface area contributed by atoms with Crippen molar-refractivity contribution in [1.82, 2.24) is 20.0 Å². The molecular weight excluding hydrogens is 268 g/mol. The largest absolute Gasteiger partial charge is 0.381 e. The highest BCUT2D eigenvalue weighted by Crippen LogP contribution is 2.31. The third-order valence-corrected chi connectivity index (χ3v) is 4.41. The molecule has 1 aromatic heterocycles. The summed E-state index contributed by atoms with van der Waals surface area (Å²) in [7, 11) is 1.93. The second kappa shape index (κ2) is 6.58. The molecule has 6 nitrogen and oxygen atoms in total. The fourth-order valence-electron chi connectivity index (χ4n) is 3.30. The Balaban J connectivity index is 1.54. The maximum Gasteiger partial charge on any atom is 0.234 e. The van der Waals surface area contributed by atoms with Gasteiger partial charge in [0.05, 0.1) is 12.7 Å². The maximum absolute atomic E-state index is 12.2. The molecule has 1 N–H and O–H groups in total. The topological polar surface area (TPSA) is 59.4 Å². The third kappa shape index (κ3) is 3.63. The number of ether oxygens (including phenoxy) is 1.